The molecule has 0 spiro atoms. The van der Waals surface area contributed by atoms with Crippen molar-refractivity contribution in [3.05, 3.63) is 88.2 Å². The van der Waals surface area contributed by atoms with Gasteiger partial charge in [-0.3, -0.25) is 4.79 Å². The Hall–Kier alpha value is -3.28. The summed E-state index contributed by atoms with van der Waals surface area (Å²) >= 11 is 0. The highest BCUT2D eigenvalue weighted by Gasteiger charge is 2.34. The van der Waals surface area contributed by atoms with Gasteiger partial charge >= 0.3 is 6.18 Å². The molecule has 0 fully saturated rings. The lowest BCUT2D eigenvalue weighted by Crippen LogP contribution is -2.09. The van der Waals surface area contributed by atoms with E-state index in [4.69, 9.17) is 0 Å². The first kappa shape index (κ1) is 18.7. The number of alkyl halides is 3. The third-order valence-corrected chi connectivity index (χ3v) is 5.88. The molecule has 1 aromatic heterocycles. The normalized spacial score (nSPS) is 19.5. The SMILES string of the molecule is O=C1Nc2ccc(C(F)(F)F)cc2C1=Cc1cc2c([nH]1)CCCC2c1ccccc1. The van der Waals surface area contributed by atoms with E-state index in [1.165, 1.54) is 17.2 Å². The third-order valence-electron chi connectivity index (χ3n) is 5.88. The molecule has 2 aliphatic rings. The van der Waals surface area contributed by atoms with Crippen molar-refractivity contribution in [2.45, 2.75) is 31.4 Å². The molecule has 2 heterocycles. The Kier molecular flexibility index (Phi) is 4.31. The topological polar surface area (TPSA) is 44.9 Å². The van der Waals surface area contributed by atoms with Gasteiger partial charge in [0.25, 0.3) is 5.91 Å². The Morgan fingerprint density at radius 3 is 2.60 bits per heavy atom. The molecule has 1 unspecified atom stereocenters. The number of fused-ring (bicyclic) bond motifs is 2. The van der Waals surface area contributed by atoms with Crippen LogP contribution in [-0.2, 0) is 17.4 Å². The van der Waals surface area contributed by atoms with E-state index in [0.717, 1.165) is 42.8 Å². The summed E-state index contributed by atoms with van der Waals surface area (Å²) in [6.07, 6.45) is 0.217. The molecular weight excluding hydrogens is 389 g/mol. The second-order valence-electron chi connectivity index (χ2n) is 7.78. The number of aromatic nitrogens is 1. The van der Waals surface area contributed by atoms with Crippen molar-refractivity contribution in [3.8, 4) is 0 Å². The van der Waals surface area contributed by atoms with E-state index in [1.54, 1.807) is 6.08 Å². The first-order valence-corrected chi connectivity index (χ1v) is 9.91. The second-order valence-corrected chi connectivity index (χ2v) is 7.78. The molecule has 6 heteroatoms. The molecule has 0 saturated heterocycles. The number of hydrogen-bond donors (Lipinski definition) is 2. The molecule has 1 aliphatic heterocycles. The van der Waals surface area contributed by atoms with Crippen LogP contribution in [0.25, 0.3) is 11.6 Å². The summed E-state index contributed by atoms with van der Waals surface area (Å²) in [6.45, 7) is 0. The van der Waals surface area contributed by atoms with E-state index in [-0.39, 0.29) is 17.1 Å². The Balaban J connectivity index is 1.55. The lowest BCUT2D eigenvalue weighted by molar-refractivity contribution is -0.137. The zero-order chi connectivity index (χ0) is 20.9. The first-order valence-electron chi connectivity index (χ1n) is 9.91. The number of rotatable bonds is 2. The van der Waals surface area contributed by atoms with Crippen molar-refractivity contribution >= 4 is 23.2 Å². The molecule has 1 atom stereocenters. The number of aryl methyl sites for hydroxylation is 1. The Bertz CT molecular complexity index is 1160. The summed E-state index contributed by atoms with van der Waals surface area (Å²) in [5.41, 5.74) is 4.46. The summed E-state index contributed by atoms with van der Waals surface area (Å²) in [6, 6.07) is 15.6. The van der Waals surface area contributed by atoms with Crippen molar-refractivity contribution in [2.24, 2.45) is 0 Å². The zero-order valence-corrected chi connectivity index (χ0v) is 16.0. The van der Waals surface area contributed by atoms with Crippen LogP contribution in [0.3, 0.4) is 0 Å². The standard InChI is InChI=1S/C24H19F3N2O/c25-24(26,27)15-9-10-22-18(11-15)20(23(30)29-22)13-16-12-19-17(7-4-8-21(19)28-16)14-5-2-1-3-6-14/h1-3,5-6,9-13,17,28H,4,7-8H2,(H,29,30). The van der Waals surface area contributed by atoms with Crippen LogP contribution in [0.1, 0.15) is 52.4 Å². The van der Waals surface area contributed by atoms with E-state index in [0.29, 0.717) is 5.69 Å². The van der Waals surface area contributed by atoms with Crippen molar-refractivity contribution in [2.75, 3.05) is 5.32 Å². The highest BCUT2D eigenvalue weighted by atomic mass is 19.4. The van der Waals surface area contributed by atoms with E-state index in [1.807, 2.05) is 24.3 Å². The number of nitrogens with one attached hydrogen (secondary N) is 2. The molecule has 0 bridgehead atoms. The van der Waals surface area contributed by atoms with Crippen LogP contribution < -0.4 is 5.32 Å². The summed E-state index contributed by atoms with van der Waals surface area (Å²) < 4.78 is 39.4. The number of halogens is 3. The van der Waals surface area contributed by atoms with Crippen LogP contribution in [0.2, 0.25) is 0 Å². The minimum Gasteiger partial charge on any atom is -0.359 e. The fourth-order valence-corrected chi connectivity index (χ4v) is 4.47. The van der Waals surface area contributed by atoms with E-state index in [9.17, 15) is 18.0 Å². The van der Waals surface area contributed by atoms with Gasteiger partial charge in [0, 0.05) is 28.6 Å². The number of benzene rings is 2. The van der Waals surface area contributed by atoms with Gasteiger partial charge in [-0.25, -0.2) is 0 Å². The minimum absolute atomic E-state index is 0.242. The molecule has 3 nitrogen and oxygen atoms in total. The number of anilines is 1. The third kappa shape index (κ3) is 3.22. The quantitative estimate of drug-likeness (QED) is 0.502. The number of carbonyl (C=O) groups is 1. The summed E-state index contributed by atoms with van der Waals surface area (Å²) in [7, 11) is 0. The average Bonchev–Trinajstić information content (AvgIpc) is 3.28. The average molecular weight is 408 g/mol. The number of carbonyl (C=O) groups excluding carboxylic acids is 1. The van der Waals surface area contributed by atoms with Crippen LogP contribution in [0.15, 0.2) is 54.6 Å². The van der Waals surface area contributed by atoms with Gasteiger partial charge in [-0.15, -0.1) is 0 Å². The van der Waals surface area contributed by atoms with Crippen molar-refractivity contribution in [1.82, 2.24) is 4.98 Å². The lowest BCUT2D eigenvalue weighted by atomic mass is 9.82. The van der Waals surface area contributed by atoms with Gasteiger partial charge in [0.2, 0.25) is 0 Å². The van der Waals surface area contributed by atoms with Crippen molar-refractivity contribution in [1.29, 1.82) is 0 Å². The van der Waals surface area contributed by atoms with Crippen LogP contribution in [0.5, 0.6) is 0 Å². The Morgan fingerprint density at radius 2 is 1.83 bits per heavy atom. The molecule has 30 heavy (non-hydrogen) atoms. The number of H-pyrrole nitrogens is 1. The molecule has 2 N–H and O–H groups in total. The maximum absolute atomic E-state index is 13.1. The predicted molar refractivity (Wildman–Crippen MR) is 110 cm³/mol. The van der Waals surface area contributed by atoms with Gasteiger partial charge < -0.3 is 10.3 Å². The molecule has 3 aromatic rings. The van der Waals surface area contributed by atoms with E-state index < -0.39 is 17.6 Å². The molecular formula is C24H19F3N2O. The molecule has 1 aliphatic carbocycles. The van der Waals surface area contributed by atoms with Crippen LogP contribution in [0.4, 0.5) is 18.9 Å². The number of amides is 1. The highest BCUT2D eigenvalue weighted by Crippen LogP contribution is 2.40. The van der Waals surface area contributed by atoms with Gasteiger partial charge in [0.15, 0.2) is 0 Å². The van der Waals surface area contributed by atoms with Crippen molar-refractivity contribution < 1.29 is 18.0 Å². The summed E-state index contributed by atoms with van der Waals surface area (Å²) in [5.74, 6) is -0.114. The van der Waals surface area contributed by atoms with E-state index in [2.05, 4.69) is 22.4 Å². The molecule has 2 aromatic carbocycles. The summed E-state index contributed by atoms with van der Waals surface area (Å²) in [4.78, 5) is 15.8. The van der Waals surface area contributed by atoms with Gasteiger partial charge in [-0.1, -0.05) is 30.3 Å². The molecule has 5 rings (SSSR count). The van der Waals surface area contributed by atoms with Gasteiger partial charge in [-0.2, -0.15) is 13.2 Å². The van der Waals surface area contributed by atoms with Gasteiger partial charge in [-0.05, 0) is 60.7 Å². The highest BCUT2D eigenvalue weighted by molar-refractivity contribution is 6.34. The Morgan fingerprint density at radius 1 is 1.03 bits per heavy atom. The zero-order valence-electron chi connectivity index (χ0n) is 16.0. The molecule has 152 valence electrons. The monoisotopic (exact) mass is 408 g/mol. The fourth-order valence-electron chi connectivity index (χ4n) is 4.47. The van der Waals surface area contributed by atoms with Crippen LogP contribution in [0, 0.1) is 0 Å². The number of aromatic amines is 1. The Labute approximate surface area is 171 Å². The van der Waals surface area contributed by atoms with E-state index >= 15 is 0 Å². The largest absolute Gasteiger partial charge is 0.416 e. The van der Waals surface area contributed by atoms with Crippen molar-refractivity contribution in [3.63, 3.8) is 0 Å². The van der Waals surface area contributed by atoms with Gasteiger partial charge in [0.05, 0.1) is 11.1 Å². The van der Waals surface area contributed by atoms with Crippen LogP contribution in [-0.4, -0.2) is 10.9 Å². The van der Waals surface area contributed by atoms with Gasteiger partial charge in [0.1, 0.15) is 0 Å². The molecule has 1 amide bonds. The molecule has 0 saturated carbocycles. The molecule has 0 radical (unpaired) electrons. The second kappa shape index (κ2) is 6.90. The summed E-state index contributed by atoms with van der Waals surface area (Å²) in [5, 5.41) is 2.65. The minimum atomic E-state index is -4.46. The van der Waals surface area contributed by atoms with Crippen LogP contribution >= 0.6 is 0 Å². The smallest absolute Gasteiger partial charge is 0.359 e. The lowest BCUT2D eigenvalue weighted by Gasteiger charge is -2.22. The maximum Gasteiger partial charge on any atom is 0.416 e. The predicted octanol–water partition coefficient (Wildman–Crippen LogP) is 5.99. The number of hydrogen-bond acceptors (Lipinski definition) is 1. The first-order chi connectivity index (χ1) is 14.4. The fraction of sp³-hybridized carbons (Fsp3) is 0.208. The maximum atomic E-state index is 13.1.